The fraction of sp³-hybridized carbons (Fsp3) is 0.667. The Labute approximate surface area is 111 Å². The Morgan fingerprint density at radius 1 is 1.16 bits per heavy atom. The second kappa shape index (κ2) is 9.07. The van der Waals surface area contributed by atoms with Crippen molar-refractivity contribution in [1.29, 1.82) is 0 Å². The van der Waals surface area contributed by atoms with Crippen LogP contribution in [0.3, 0.4) is 0 Å². The SMILES string of the molecule is COC(=O)CC[C@H](NC(=O)CCCC(C)=O)C(=O)O. The molecule has 0 unspecified atom stereocenters. The molecule has 7 heteroatoms. The normalized spacial score (nSPS) is 11.5. The second-order valence-corrected chi connectivity index (χ2v) is 4.13. The summed E-state index contributed by atoms with van der Waals surface area (Å²) in [7, 11) is 1.21. The summed E-state index contributed by atoms with van der Waals surface area (Å²) >= 11 is 0. The predicted octanol–water partition coefficient (Wildman–Crippen LogP) is 0.268. The van der Waals surface area contributed by atoms with E-state index in [9.17, 15) is 19.2 Å². The van der Waals surface area contributed by atoms with Crippen LogP contribution in [0.5, 0.6) is 0 Å². The molecule has 0 spiro atoms. The number of esters is 1. The van der Waals surface area contributed by atoms with E-state index >= 15 is 0 Å². The van der Waals surface area contributed by atoms with Crippen molar-refractivity contribution < 1.29 is 29.0 Å². The Hall–Kier alpha value is -1.92. The van der Waals surface area contributed by atoms with Crippen LogP contribution in [0.25, 0.3) is 0 Å². The molecular weight excluding hydrogens is 254 g/mol. The van der Waals surface area contributed by atoms with Gasteiger partial charge in [-0.3, -0.25) is 9.59 Å². The lowest BCUT2D eigenvalue weighted by Crippen LogP contribution is -2.41. The number of rotatable bonds is 9. The molecule has 0 bridgehead atoms. The van der Waals surface area contributed by atoms with Gasteiger partial charge in [-0.1, -0.05) is 0 Å². The van der Waals surface area contributed by atoms with Crippen molar-refractivity contribution in [2.45, 2.75) is 45.1 Å². The summed E-state index contributed by atoms with van der Waals surface area (Å²) in [5.41, 5.74) is 0. The summed E-state index contributed by atoms with van der Waals surface area (Å²) in [5.74, 6) is -2.20. The average molecular weight is 273 g/mol. The van der Waals surface area contributed by atoms with Crippen molar-refractivity contribution in [3.8, 4) is 0 Å². The Morgan fingerprint density at radius 2 is 1.79 bits per heavy atom. The standard InChI is InChI=1S/C12H19NO6/c1-8(14)4-3-5-10(15)13-9(12(17)18)6-7-11(16)19-2/h9H,3-7H2,1-2H3,(H,13,15)(H,17,18)/t9-/m0/s1. The highest BCUT2D eigenvalue weighted by atomic mass is 16.5. The first-order chi connectivity index (χ1) is 8.86. The lowest BCUT2D eigenvalue weighted by atomic mass is 10.1. The molecule has 0 fully saturated rings. The smallest absolute Gasteiger partial charge is 0.326 e. The summed E-state index contributed by atoms with van der Waals surface area (Å²) in [6.07, 6.45) is 0.640. The number of hydrogen-bond donors (Lipinski definition) is 2. The van der Waals surface area contributed by atoms with Gasteiger partial charge in [0.05, 0.1) is 7.11 Å². The molecule has 0 aliphatic rings. The van der Waals surface area contributed by atoms with Gasteiger partial charge in [0.15, 0.2) is 0 Å². The van der Waals surface area contributed by atoms with Crippen LogP contribution in [0.15, 0.2) is 0 Å². The summed E-state index contributed by atoms with van der Waals surface area (Å²) in [6.45, 7) is 1.42. The first-order valence-corrected chi connectivity index (χ1v) is 5.95. The van der Waals surface area contributed by atoms with Crippen molar-refractivity contribution in [2.75, 3.05) is 7.11 Å². The molecule has 0 aromatic rings. The van der Waals surface area contributed by atoms with E-state index in [1.807, 2.05) is 0 Å². The fourth-order valence-corrected chi connectivity index (χ4v) is 1.39. The van der Waals surface area contributed by atoms with Gasteiger partial charge in [0, 0.05) is 19.3 Å². The quantitative estimate of drug-likeness (QED) is 0.583. The number of amides is 1. The van der Waals surface area contributed by atoms with Crippen molar-refractivity contribution in [1.82, 2.24) is 5.32 Å². The highest BCUT2D eigenvalue weighted by Crippen LogP contribution is 2.02. The molecule has 1 atom stereocenters. The maximum absolute atomic E-state index is 11.5. The van der Waals surface area contributed by atoms with E-state index in [-0.39, 0.29) is 31.5 Å². The zero-order valence-electron chi connectivity index (χ0n) is 11.1. The molecule has 19 heavy (non-hydrogen) atoms. The second-order valence-electron chi connectivity index (χ2n) is 4.13. The number of methoxy groups -OCH3 is 1. The van der Waals surface area contributed by atoms with Crippen LogP contribution in [0.4, 0.5) is 0 Å². The number of hydrogen-bond acceptors (Lipinski definition) is 5. The average Bonchev–Trinajstić information content (AvgIpc) is 2.33. The number of Topliss-reactive ketones (excluding diaryl/α,β-unsaturated/α-hetero) is 1. The monoisotopic (exact) mass is 273 g/mol. The van der Waals surface area contributed by atoms with Gasteiger partial charge in [-0.15, -0.1) is 0 Å². The number of carbonyl (C=O) groups excluding carboxylic acids is 3. The zero-order chi connectivity index (χ0) is 14.8. The topological polar surface area (TPSA) is 110 Å². The Kier molecular flexibility index (Phi) is 8.15. The molecule has 2 N–H and O–H groups in total. The lowest BCUT2D eigenvalue weighted by Gasteiger charge is -2.13. The van der Waals surface area contributed by atoms with Gasteiger partial charge in [0.25, 0.3) is 0 Å². The molecule has 0 aliphatic heterocycles. The fourth-order valence-electron chi connectivity index (χ4n) is 1.39. The van der Waals surface area contributed by atoms with Crippen LogP contribution >= 0.6 is 0 Å². The van der Waals surface area contributed by atoms with Crippen LogP contribution in [0.1, 0.15) is 39.0 Å². The maximum Gasteiger partial charge on any atom is 0.326 e. The van der Waals surface area contributed by atoms with E-state index in [1.165, 1.54) is 14.0 Å². The number of nitrogens with one attached hydrogen (secondary N) is 1. The number of ketones is 1. The molecule has 0 aromatic carbocycles. The van der Waals surface area contributed by atoms with E-state index in [2.05, 4.69) is 10.1 Å². The van der Waals surface area contributed by atoms with E-state index in [4.69, 9.17) is 5.11 Å². The molecule has 108 valence electrons. The summed E-state index contributed by atoms with van der Waals surface area (Å²) in [5, 5.41) is 11.2. The van der Waals surface area contributed by atoms with E-state index in [1.54, 1.807) is 0 Å². The molecule has 0 heterocycles. The van der Waals surface area contributed by atoms with Crippen molar-refractivity contribution in [2.24, 2.45) is 0 Å². The van der Waals surface area contributed by atoms with Crippen LogP contribution in [0.2, 0.25) is 0 Å². The molecule has 0 saturated heterocycles. The molecule has 0 saturated carbocycles. The van der Waals surface area contributed by atoms with E-state index in [0.29, 0.717) is 6.42 Å². The number of carbonyl (C=O) groups is 4. The molecule has 0 rings (SSSR count). The van der Waals surface area contributed by atoms with Gasteiger partial charge in [-0.25, -0.2) is 4.79 Å². The number of carboxylic acid groups (broad SMARTS) is 1. The summed E-state index contributed by atoms with van der Waals surface area (Å²) in [6, 6.07) is -1.12. The third-order valence-corrected chi connectivity index (χ3v) is 2.43. The summed E-state index contributed by atoms with van der Waals surface area (Å²) in [4.78, 5) is 43.9. The number of carboxylic acids is 1. The van der Waals surface area contributed by atoms with Crippen LogP contribution in [0, 0.1) is 0 Å². The number of aliphatic carboxylic acids is 1. The van der Waals surface area contributed by atoms with Crippen molar-refractivity contribution in [3.63, 3.8) is 0 Å². The zero-order valence-corrected chi connectivity index (χ0v) is 11.1. The predicted molar refractivity (Wildman–Crippen MR) is 65.3 cm³/mol. The van der Waals surface area contributed by atoms with Gasteiger partial charge in [0.1, 0.15) is 11.8 Å². The number of ether oxygens (including phenoxy) is 1. The van der Waals surface area contributed by atoms with Crippen LogP contribution in [-0.2, 0) is 23.9 Å². The minimum Gasteiger partial charge on any atom is -0.480 e. The van der Waals surface area contributed by atoms with Gasteiger partial charge in [-0.05, 0) is 19.8 Å². The minimum atomic E-state index is -1.20. The third-order valence-electron chi connectivity index (χ3n) is 2.43. The van der Waals surface area contributed by atoms with Gasteiger partial charge in [0.2, 0.25) is 5.91 Å². The highest BCUT2D eigenvalue weighted by Gasteiger charge is 2.20. The summed E-state index contributed by atoms with van der Waals surface area (Å²) < 4.78 is 4.39. The molecule has 0 aliphatic carbocycles. The molecule has 7 nitrogen and oxygen atoms in total. The molecule has 0 aromatic heterocycles. The third kappa shape index (κ3) is 8.76. The Morgan fingerprint density at radius 3 is 2.26 bits per heavy atom. The largest absolute Gasteiger partial charge is 0.480 e. The van der Waals surface area contributed by atoms with Crippen LogP contribution < -0.4 is 5.32 Å². The van der Waals surface area contributed by atoms with Gasteiger partial charge in [-0.2, -0.15) is 0 Å². The lowest BCUT2D eigenvalue weighted by molar-refractivity contribution is -0.144. The van der Waals surface area contributed by atoms with Gasteiger partial charge >= 0.3 is 11.9 Å². The molecule has 1 amide bonds. The Bertz CT molecular complexity index is 352. The highest BCUT2D eigenvalue weighted by molar-refractivity contribution is 5.84. The van der Waals surface area contributed by atoms with E-state index < -0.39 is 23.9 Å². The first-order valence-electron chi connectivity index (χ1n) is 5.95. The maximum atomic E-state index is 11.5. The molecule has 0 radical (unpaired) electrons. The van der Waals surface area contributed by atoms with Crippen molar-refractivity contribution >= 4 is 23.6 Å². The first kappa shape index (κ1) is 17.1. The van der Waals surface area contributed by atoms with E-state index in [0.717, 1.165) is 0 Å². The Balaban J connectivity index is 4.12. The molecular formula is C12H19NO6. The minimum absolute atomic E-state index is 0.0201. The van der Waals surface area contributed by atoms with Crippen LogP contribution in [-0.4, -0.2) is 41.9 Å². The van der Waals surface area contributed by atoms with Gasteiger partial charge < -0.3 is 20.0 Å². The van der Waals surface area contributed by atoms with Crippen molar-refractivity contribution in [3.05, 3.63) is 0 Å².